The second-order valence-corrected chi connectivity index (χ2v) is 7.85. The maximum Gasteiger partial charge on any atom is 0.127 e. The maximum atomic E-state index is 5.89. The van der Waals surface area contributed by atoms with Gasteiger partial charge in [-0.2, -0.15) is 0 Å². The lowest BCUT2D eigenvalue weighted by Crippen LogP contribution is -2.05. The summed E-state index contributed by atoms with van der Waals surface area (Å²) in [6.07, 6.45) is 2.00. The first-order valence-corrected chi connectivity index (χ1v) is 11.0. The van der Waals surface area contributed by atoms with Crippen LogP contribution in [0.15, 0.2) is 77.7 Å². The van der Waals surface area contributed by atoms with E-state index in [2.05, 4.69) is 26.0 Å². The Hall–Kier alpha value is -2.59. The van der Waals surface area contributed by atoms with E-state index in [0.29, 0.717) is 13.2 Å². The van der Waals surface area contributed by atoms with Gasteiger partial charge in [-0.25, -0.2) is 0 Å². The molecule has 3 aromatic rings. The van der Waals surface area contributed by atoms with Crippen LogP contribution in [-0.2, 0) is 0 Å². The maximum absolute atomic E-state index is 5.89. The Kier molecular flexibility index (Phi) is 8.32. The minimum Gasteiger partial charge on any atom is -0.493 e. The van der Waals surface area contributed by atoms with Gasteiger partial charge in [-0.3, -0.25) is 0 Å². The third kappa shape index (κ3) is 7.06. The molecule has 0 radical (unpaired) electrons. The highest BCUT2D eigenvalue weighted by molar-refractivity contribution is 7.99. The molecule has 0 aliphatic carbocycles. The molecule has 0 amide bonds. The van der Waals surface area contributed by atoms with Crippen molar-refractivity contribution >= 4 is 11.8 Å². The van der Waals surface area contributed by atoms with Crippen molar-refractivity contribution in [2.24, 2.45) is 0 Å². The third-order valence-electron chi connectivity index (χ3n) is 4.25. The van der Waals surface area contributed by atoms with E-state index in [4.69, 9.17) is 14.2 Å². The molecule has 0 fully saturated rings. The van der Waals surface area contributed by atoms with Crippen LogP contribution in [0.25, 0.3) is 0 Å². The van der Waals surface area contributed by atoms with Crippen molar-refractivity contribution in [1.29, 1.82) is 0 Å². The molecule has 0 bridgehead atoms. The van der Waals surface area contributed by atoms with Crippen LogP contribution in [0.4, 0.5) is 0 Å². The van der Waals surface area contributed by atoms with Crippen LogP contribution in [0.1, 0.15) is 25.3 Å². The number of thioether (sulfide) groups is 1. The lowest BCUT2D eigenvalue weighted by atomic mass is 10.2. The highest BCUT2D eigenvalue weighted by Crippen LogP contribution is 2.27. The van der Waals surface area contributed by atoms with E-state index in [1.165, 1.54) is 16.9 Å². The summed E-state index contributed by atoms with van der Waals surface area (Å²) >= 11 is 1.89. The van der Waals surface area contributed by atoms with E-state index in [-0.39, 0.29) is 0 Å². The van der Waals surface area contributed by atoms with E-state index in [1.54, 1.807) is 0 Å². The summed E-state index contributed by atoms with van der Waals surface area (Å²) in [7, 11) is 0. The summed E-state index contributed by atoms with van der Waals surface area (Å²) in [6.45, 7) is 5.59. The van der Waals surface area contributed by atoms with E-state index < -0.39 is 0 Å². The fourth-order valence-corrected chi connectivity index (χ4v) is 3.62. The van der Waals surface area contributed by atoms with Crippen LogP contribution in [0.3, 0.4) is 0 Å². The lowest BCUT2D eigenvalue weighted by molar-refractivity contribution is 0.247. The number of hydrogen-bond acceptors (Lipinski definition) is 4. The van der Waals surface area contributed by atoms with E-state index in [0.717, 1.165) is 35.2 Å². The quantitative estimate of drug-likeness (QED) is 0.249. The van der Waals surface area contributed by atoms with Gasteiger partial charge >= 0.3 is 0 Å². The summed E-state index contributed by atoms with van der Waals surface area (Å²) in [4.78, 5) is 1.30. The monoisotopic (exact) mass is 408 g/mol. The van der Waals surface area contributed by atoms with Gasteiger partial charge in [0.2, 0.25) is 0 Å². The topological polar surface area (TPSA) is 27.7 Å². The molecule has 0 aliphatic heterocycles. The lowest BCUT2D eigenvalue weighted by Gasteiger charge is -2.11. The average Bonchev–Trinajstić information content (AvgIpc) is 2.75. The van der Waals surface area contributed by atoms with Gasteiger partial charge in [-0.15, -0.1) is 11.8 Å². The number of ether oxygens (including phenoxy) is 3. The molecule has 0 unspecified atom stereocenters. The number of rotatable bonds is 11. The Balaban J connectivity index is 1.38. The Labute approximate surface area is 178 Å². The van der Waals surface area contributed by atoms with Crippen molar-refractivity contribution in [1.82, 2.24) is 0 Å². The Bertz CT molecular complexity index is 863. The Morgan fingerprint density at radius 2 is 1.34 bits per heavy atom. The van der Waals surface area contributed by atoms with Crippen LogP contribution in [0.2, 0.25) is 0 Å². The van der Waals surface area contributed by atoms with Crippen LogP contribution in [0.5, 0.6) is 23.0 Å². The molecule has 0 spiro atoms. The van der Waals surface area contributed by atoms with E-state index in [1.807, 2.05) is 72.4 Å². The van der Waals surface area contributed by atoms with Gasteiger partial charge in [0.15, 0.2) is 0 Å². The largest absolute Gasteiger partial charge is 0.493 e. The molecule has 3 rings (SSSR count). The highest BCUT2D eigenvalue weighted by Gasteiger charge is 2.03. The van der Waals surface area contributed by atoms with E-state index >= 15 is 0 Å². The summed E-state index contributed by atoms with van der Waals surface area (Å²) in [6, 6.07) is 23.7. The number of benzene rings is 3. The van der Waals surface area contributed by atoms with Crippen LogP contribution >= 0.6 is 11.8 Å². The summed E-state index contributed by atoms with van der Waals surface area (Å²) in [5.41, 5.74) is 1.30. The average molecular weight is 409 g/mol. The van der Waals surface area contributed by atoms with Gasteiger partial charge < -0.3 is 14.2 Å². The normalized spacial score (nSPS) is 10.6. The third-order valence-corrected chi connectivity index (χ3v) is 5.61. The molecule has 0 atom stereocenters. The Morgan fingerprint density at radius 1 is 0.724 bits per heavy atom. The van der Waals surface area contributed by atoms with E-state index in [9.17, 15) is 0 Å². The first-order chi connectivity index (χ1) is 14.2. The molecular weight excluding hydrogens is 380 g/mol. The first-order valence-electron chi connectivity index (χ1n) is 10.1. The van der Waals surface area contributed by atoms with Crippen molar-refractivity contribution in [2.75, 3.05) is 19.0 Å². The molecule has 0 saturated carbocycles. The van der Waals surface area contributed by atoms with Crippen molar-refractivity contribution in [3.63, 3.8) is 0 Å². The highest BCUT2D eigenvalue weighted by atomic mass is 32.2. The van der Waals surface area contributed by atoms with Crippen LogP contribution in [0, 0.1) is 6.92 Å². The van der Waals surface area contributed by atoms with Gasteiger partial charge in [0.25, 0.3) is 0 Å². The molecule has 29 heavy (non-hydrogen) atoms. The van der Waals surface area contributed by atoms with Crippen LogP contribution in [-0.4, -0.2) is 19.0 Å². The molecule has 4 heteroatoms. The van der Waals surface area contributed by atoms with Crippen molar-refractivity contribution in [2.45, 2.75) is 31.6 Å². The SMILES string of the molecule is CCCSc1cc(OCCCOc2ccc(Oc3ccccc3)cc2)ccc1C. The summed E-state index contributed by atoms with van der Waals surface area (Å²) in [5, 5.41) is 0. The number of hydrogen-bond donors (Lipinski definition) is 0. The second-order valence-electron chi connectivity index (χ2n) is 6.71. The minimum absolute atomic E-state index is 0.613. The standard InChI is InChI=1S/C25H28O3S/c1-3-18-29-25-19-24(11-10-20(25)2)27-17-7-16-26-21-12-14-23(15-13-21)28-22-8-5-4-6-9-22/h4-6,8-15,19H,3,7,16-18H2,1-2H3. The molecule has 0 aliphatic rings. The molecule has 3 aromatic carbocycles. The molecule has 0 saturated heterocycles. The fourth-order valence-electron chi connectivity index (χ4n) is 2.71. The van der Waals surface area contributed by atoms with Gasteiger partial charge in [0, 0.05) is 11.3 Å². The summed E-state index contributed by atoms with van der Waals surface area (Å²) < 4.78 is 17.5. The van der Waals surface area contributed by atoms with Gasteiger partial charge in [0.05, 0.1) is 13.2 Å². The zero-order valence-electron chi connectivity index (χ0n) is 17.1. The van der Waals surface area contributed by atoms with Crippen molar-refractivity contribution in [3.8, 4) is 23.0 Å². The van der Waals surface area contributed by atoms with Gasteiger partial charge in [-0.05, 0) is 73.2 Å². The molecule has 0 heterocycles. The molecule has 0 aromatic heterocycles. The predicted octanol–water partition coefficient (Wildman–Crippen LogP) is 7.14. The molecular formula is C25H28O3S. The van der Waals surface area contributed by atoms with Crippen molar-refractivity contribution < 1.29 is 14.2 Å². The zero-order chi connectivity index (χ0) is 20.3. The minimum atomic E-state index is 0.613. The molecule has 3 nitrogen and oxygen atoms in total. The Morgan fingerprint density at radius 3 is 2.07 bits per heavy atom. The zero-order valence-corrected chi connectivity index (χ0v) is 17.9. The van der Waals surface area contributed by atoms with Gasteiger partial charge in [0.1, 0.15) is 23.0 Å². The predicted molar refractivity (Wildman–Crippen MR) is 121 cm³/mol. The second kappa shape index (κ2) is 11.4. The first kappa shape index (κ1) is 21.1. The molecule has 0 N–H and O–H groups in total. The van der Waals surface area contributed by atoms with Crippen LogP contribution < -0.4 is 14.2 Å². The smallest absolute Gasteiger partial charge is 0.127 e. The molecule has 152 valence electrons. The fraction of sp³-hybridized carbons (Fsp3) is 0.280. The summed E-state index contributed by atoms with van der Waals surface area (Å²) in [5.74, 6) is 4.51. The van der Waals surface area contributed by atoms with Crippen molar-refractivity contribution in [3.05, 3.63) is 78.4 Å². The number of aryl methyl sites for hydroxylation is 1. The van der Waals surface area contributed by atoms with Gasteiger partial charge in [-0.1, -0.05) is 31.2 Å². The number of para-hydroxylation sites is 1.